The van der Waals surface area contributed by atoms with Gasteiger partial charge in [-0.25, -0.2) is 4.79 Å². The van der Waals surface area contributed by atoms with Gasteiger partial charge >= 0.3 is 6.03 Å². The van der Waals surface area contributed by atoms with Crippen molar-refractivity contribution in [2.45, 2.75) is 18.9 Å². The zero-order valence-corrected chi connectivity index (χ0v) is 13.4. The number of rotatable bonds is 5. The number of carbonyl (C=O) groups excluding carboxylic acids is 1. The van der Waals surface area contributed by atoms with Crippen molar-refractivity contribution in [1.29, 1.82) is 0 Å². The highest BCUT2D eigenvalue weighted by Crippen LogP contribution is 2.30. The van der Waals surface area contributed by atoms with Gasteiger partial charge in [-0.05, 0) is 25.8 Å². The van der Waals surface area contributed by atoms with E-state index in [2.05, 4.69) is 22.4 Å². The van der Waals surface area contributed by atoms with Gasteiger partial charge in [0.15, 0.2) is 0 Å². The Kier molecular flexibility index (Phi) is 4.63. The fourth-order valence-electron chi connectivity index (χ4n) is 2.76. The second kappa shape index (κ2) is 6.66. The first kappa shape index (κ1) is 15.3. The van der Waals surface area contributed by atoms with Crippen LogP contribution in [0.3, 0.4) is 0 Å². The van der Waals surface area contributed by atoms with E-state index < -0.39 is 0 Å². The van der Waals surface area contributed by atoms with Crippen molar-refractivity contribution in [2.75, 3.05) is 45.2 Å². The van der Waals surface area contributed by atoms with Crippen LogP contribution in [0.2, 0.25) is 0 Å². The highest BCUT2D eigenvalue weighted by atomic mass is 16.5. The van der Waals surface area contributed by atoms with Gasteiger partial charge in [0.1, 0.15) is 5.82 Å². The summed E-state index contributed by atoms with van der Waals surface area (Å²) in [4.78, 5) is 16.7. The number of amides is 2. The molecule has 1 aromatic heterocycles. The monoisotopic (exact) mass is 307 g/mol. The normalized spacial score (nSPS) is 22.5. The first-order valence-electron chi connectivity index (χ1n) is 7.96. The number of anilines is 1. The molecule has 2 fully saturated rings. The number of aromatic nitrogens is 2. The lowest BCUT2D eigenvalue weighted by molar-refractivity contribution is -0.0302. The summed E-state index contributed by atoms with van der Waals surface area (Å²) in [7, 11) is 3.91. The van der Waals surface area contributed by atoms with E-state index >= 15 is 0 Å². The van der Waals surface area contributed by atoms with Crippen molar-refractivity contribution in [3.05, 3.63) is 12.3 Å². The maximum absolute atomic E-state index is 12.6. The van der Waals surface area contributed by atoms with Crippen molar-refractivity contribution in [2.24, 2.45) is 13.0 Å². The molecule has 122 valence electrons. The smallest absolute Gasteiger partial charge is 0.323 e. The number of hydrogen-bond acceptors (Lipinski definition) is 4. The Morgan fingerprint density at radius 2 is 2.27 bits per heavy atom. The van der Waals surface area contributed by atoms with Crippen molar-refractivity contribution in [3.8, 4) is 0 Å². The number of ether oxygens (including phenoxy) is 1. The quantitative estimate of drug-likeness (QED) is 0.881. The molecule has 1 aliphatic carbocycles. The molecular weight excluding hydrogens is 282 g/mol. The van der Waals surface area contributed by atoms with Gasteiger partial charge in [0.05, 0.1) is 18.9 Å². The van der Waals surface area contributed by atoms with E-state index in [1.165, 1.54) is 12.8 Å². The summed E-state index contributed by atoms with van der Waals surface area (Å²) >= 11 is 0. The Balaban J connectivity index is 1.60. The second-order valence-corrected chi connectivity index (χ2v) is 6.37. The summed E-state index contributed by atoms with van der Waals surface area (Å²) in [6.07, 6.45) is 4.22. The fraction of sp³-hybridized carbons (Fsp3) is 0.733. The molecule has 7 heteroatoms. The number of nitrogens with zero attached hydrogens (tertiary/aromatic N) is 4. The lowest BCUT2D eigenvalue weighted by Gasteiger charge is -2.34. The molecule has 7 nitrogen and oxygen atoms in total. The Morgan fingerprint density at radius 1 is 1.45 bits per heavy atom. The number of hydrogen-bond donors (Lipinski definition) is 1. The number of urea groups is 1. The van der Waals surface area contributed by atoms with Crippen LogP contribution in [0, 0.1) is 5.92 Å². The van der Waals surface area contributed by atoms with Crippen LogP contribution in [0.25, 0.3) is 0 Å². The van der Waals surface area contributed by atoms with E-state index in [1.807, 2.05) is 11.9 Å². The Bertz CT molecular complexity index is 514. The van der Waals surface area contributed by atoms with E-state index in [4.69, 9.17) is 4.74 Å². The summed E-state index contributed by atoms with van der Waals surface area (Å²) in [6.45, 7) is 4.03. The third-order valence-electron chi connectivity index (χ3n) is 4.28. The summed E-state index contributed by atoms with van der Waals surface area (Å²) in [5, 5.41) is 7.02. The molecule has 1 saturated carbocycles. The zero-order valence-electron chi connectivity index (χ0n) is 13.4. The van der Waals surface area contributed by atoms with Crippen LogP contribution in [0.5, 0.6) is 0 Å². The number of carbonyl (C=O) groups is 1. The van der Waals surface area contributed by atoms with Crippen molar-refractivity contribution in [3.63, 3.8) is 0 Å². The maximum Gasteiger partial charge on any atom is 0.323 e. The van der Waals surface area contributed by atoms with Crippen molar-refractivity contribution < 1.29 is 9.53 Å². The average molecular weight is 307 g/mol. The van der Waals surface area contributed by atoms with Crippen LogP contribution < -0.4 is 5.32 Å². The van der Waals surface area contributed by atoms with Gasteiger partial charge in [0, 0.05) is 39.3 Å². The van der Waals surface area contributed by atoms with Crippen LogP contribution in [0.4, 0.5) is 10.6 Å². The van der Waals surface area contributed by atoms with Crippen LogP contribution in [-0.4, -0.2) is 71.5 Å². The minimum Gasteiger partial charge on any atom is -0.374 e. The molecule has 2 heterocycles. The van der Waals surface area contributed by atoms with Gasteiger partial charge in [0.25, 0.3) is 0 Å². The van der Waals surface area contributed by atoms with Gasteiger partial charge in [-0.3, -0.25) is 10.00 Å². The summed E-state index contributed by atoms with van der Waals surface area (Å²) < 4.78 is 7.47. The molecule has 1 unspecified atom stereocenters. The van der Waals surface area contributed by atoms with E-state index in [1.54, 1.807) is 16.9 Å². The molecule has 2 amide bonds. The van der Waals surface area contributed by atoms with Crippen LogP contribution in [-0.2, 0) is 11.8 Å². The average Bonchev–Trinajstić information content (AvgIpc) is 3.21. The maximum atomic E-state index is 12.6. The van der Waals surface area contributed by atoms with E-state index in [-0.39, 0.29) is 12.1 Å². The highest BCUT2D eigenvalue weighted by Gasteiger charge is 2.30. The van der Waals surface area contributed by atoms with E-state index in [0.717, 1.165) is 26.2 Å². The van der Waals surface area contributed by atoms with Crippen LogP contribution >= 0.6 is 0 Å². The largest absolute Gasteiger partial charge is 0.374 e. The van der Waals surface area contributed by atoms with Gasteiger partial charge < -0.3 is 14.5 Å². The highest BCUT2D eigenvalue weighted by molar-refractivity contribution is 5.88. The van der Waals surface area contributed by atoms with Crippen LogP contribution in [0.1, 0.15) is 12.8 Å². The van der Waals surface area contributed by atoms with Gasteiger partial charge in [-0.2, -0.15) is 5.10 Å². The fourth-order valence-corrected chi connectivity index (χ4v) is 2.76. The predicted octanol–water partition coefficient (Wildman–Crippen LogP) is 0.995. The van der Waals surface area contributed by atoms with Gasteiger partial charge in [-0.15, -0.1) is 0 Å². The van der Waals surface area contributed by atoms with E-state index in [0.29, 0.717) is 18.3 Å². The lowest BCUT2D eigenvalue weighted by atomic mass is 10.2. The molecule has 0 aromatic carbocycles. The van der Waals surface area contributed by atoms with E-state index in [9.17, 15) is 4.79 Å². The third-order valence-corrected chi connectivity index (χ3v) is 4.28. The topological polar surface area (TPSA) is 62.6 Å². The molecule has 1 atom stereocenters. The predicted molar refractivity (Wildman–Crippen MR) is 83.8 cm³/mol. The number of likely N-dealkylation sites (N-methyl/N-ethyl adjacent to an activating group) is 1. The molecule has 0 bridgehead atoms. The minimum absolute atomic E-state index is 0.0627. The molecule has 1 aliphatic heterocycles. The number of morpholine rings is 1. The number of aryl methyl sites for hydroxylation is 1. The molecule has 3 rings (SSSR count). The lowest BCUT2D eigenvalue weighted by Crippen LogP contribution is -2.49. The Morgan fingerprint density at radius 3 is 2.91 bits per heavy atom. The molecule has 22 heavy (non-hydrogen) atoms. The molecule has 1 aromatic rings. The van der Waals surface area contributed by atoms with Crippen molar-refractivity contribution >= 4 is 11.8 Å². The molecule has 1 saturated heterocycles. The molecule has 1 N–H and O–H groups in total. The standard InChI is InChI=1S/C15H25N5O2/c1-18-7-8-22-13(10-18)11-20(9-12-3-4-12)15(21)17-14-5-6-16-19(14)2/h5-6,12-13H,3-4,7-11H2,1-2H3,(H,17,21). The van der Waals surface area contributed by atoms with Crippen LogP contribution in [0.15, 0.2) is 12.3 Å². The van der Waals surface area contributed by atoms with Gasteiger partial charge in [0.2, 0.25) is 0 Å². The first-order chi connectivity index (χ1) is 10.6. The molecule has 2 aliphatic rings. The summed E-state index contributed by atoms with van der Waals surface area (Å²) in [5.74, 6) is 1.37. The molecule has 0 spiro atoms. The SMILES string of the molecule is CN1CCOC(CN(CC2CC2)C(=O)Nc2ccnn2C)C1. The minimum atomic E-state index is -0.0627. The zero-order chi connectivity index (χ0) is 15.5. The third kappa shape index (κ3) is 3.98. The molecule has 0 radical (unpaired) electrons. The van der Waals surface area contributed by atoms with Crippen molar-refractivity contribution in [1.82, 2.24) is 19.6 Å². The Hall–Kier alpha value is -1.60. The number of nitrogens with one attached hydrogen (secondary N) is 1. The Labute approximate surface area is 131 Å². The molecular formula is C15H25N5O2. The summed E-state index contributed by atoms with van der Waals surface area (Å²) in [6, 6.07) is 1.74. The second-order valence-electron chi connectivity index (χ2n) is 6.37. The first-order valence-corrected chi connectivity index (χ1v) is 7.96. The van der Waals surface area contributed by atoms with Gasteiger partial charge in [-0.1, -0.05) is 0 Å². The summed E-state index contributed by atoms with van der Waals surface area (Å²) in [5.41, 5.74) is 0.